The van der Waals surface area contributed by atoms with E-state index in [2.05, 4.69) is 12.2 Å². The second-order valence-corrected chi connectivity index (χ2v) is 3.22. The maximum Gasteiger partial charge on any atom is 0.0388 e. The van der Waals surface area contributed by atoms with Gasteiger partial charge in [0.25, 0.3) is 0 Å². The monoisotopic (exact) mass is 140 g/mol. The minimum absolute atomic E-state index is 0.779. The summed E-state index contributed by atoms with van der Waals surface area (Å²) in [5, 5.41) is 4.22. The molecule has 59 valence electrons. The molecule has 0 bridgehead atoms. The van der Waals surface area contributed by atoms with Crippen LogP contribution in [0.4, 0.5) is 0 Å². The van der Waals surface area contributed by atoms with Crippen LogP contribution in [0, 0.1) is 0 Å². The Hall–Kier alpha value is -0.0400. The highest BCUT2D eigenvalue weighted by Gasteiger charge is 2.20. The van der Waals surface area contributed by atoms with Crippen LogP contribution in [0.15, 0.2) is 0 Å². The highest BCUT2D eigenvalue weighted by molar-refractivity contribution is 4.81. The predicted octanol–water partition coefficient (Wildman–Crippen LogP) is 2.33. The molecule has 1 radical (unpaired) electrons. The van der Waals surface area contributed by atoms with Gasteiger partial charge in [-0.25, -0.2) is 5.32 Å². The van der Waals surface area contributed by atoms with E-state index in [1.165, 1.54) is 38.5 Å². The molecule has 0 amide bonds. The molecule has 10 heavy (non-hydrogen) atoms. The van der Waals surface area contributed by atoms with E-state index < -0.39 is 0 Å². The Balaban J connectivity index is 1.68. The van der Waals surface area contributed by atoms with E-state index in [-0.39, 0.29) is 0 Å². The SMILES string of the molecule is CCCCCCCC1C[N]1. The first-order valence-corrected chi connectivity index (χ1v) is 4.60. The molecule has 0 aromatic carbocycles. The maximum atomic E-state index is 4.22. The molecule has 1 rings (SSSR count). The molecule has 1 saturated heterocycles. The first kappa shape index (κ1) is 8.06. The summed E-state index contributed by atoms with van der Waals surface area (Å²) in [5.74, 6) is 0. The second kappa shape index (κ2) is 4.73. The average molecular weight is 140 g/mol. The number of rotatable bonds is 6. The minimum Gasteiger partial charge on any atom is -0.235 e. The van der Waals surface area contributed by atoms with Crippen LogP contribution >= 0.6 is 0 Å². The summed E-state index contributed by atoms with van der Waals surface area (Å²) < 4.78 is 0. The molecule has 1 atom stereocenters. The lowest BCUT2D eigenvalue weighted by Crippen LogP contribution is -1.86. The standard InChI is InChI=1S/C9H18N/c1-2-3-4-5-6-7-9-8-10-9/h9H,2-8H2,1H3. The van der Waals surface area contributed by atoms with E-state index >= 15 is 0 Å². The lowest BCUT2D eigenvalue weighted by Gasteiger charge is -1.96. The van der Waals surface area contributed by atoms with Gasteiger partial charge in [0.1, 0.15) is 0 Å². The fourth-order valence-corrected chi connectivity index (χ4v) is 1.24. The first-order valence-electron chi connectivity index (χ1n) is 4.60. The van der Waals surface area contributed by atoms with E-state index in [0.29, 0.717) is 0 Å². The van der Waals surface area contributed by atoms with Gasteiger partial charge in [-0.05, 0) is 6.42 Å². The molecular formula is C9H18N. The minimum atomic E-state index is 0.779. The lowest BCUT2D eigenvalue weighted by molar-refractivity contribution is 0.603. The zero-order valence-corrected chi connectivity index (χ0v) is 6.97. The van der Waals surface area contributed by atoms with Crippen LogP contribution in [0.25, 0.3) is 0 Å². The Morgan fingerprint density at radius 2 is 1.90 bits per heavy atom. The Morgan fingerprint density at radius 1 is 1.20 bits per heavy atom. The molecule has 0 spiro atoms. The third-order valence-electron chi connectivity index (χ3n) is 2.08. The van der Waals surface area contributed by atoms with Crippen LogP contribution in [-0.2, 0) is 0 Å². The second-order valence-electron chi connectivity index (χ2n) is 3.22. The van der Waals surface area contributed by atoms with Crippen LogP contribution in [-0.4, -0.2) is 12.6 Å². The van der Waals surface area contributed by atoms with E-state index in [1.54, 1.807) is 0 Å². The summed E-state index contributed by atoms with van der Waals surface area (Å²) in [6, 6.07) is 0.779. The van der Waals surface area contributed by atoms with Gasteiger partial charge in [-0.15, -0.1) is 0 Å². The van der Waals surface area contributed by atoms with Gasteiger partial charge in [0.15, 0.2) is 0 Å². The highest BCUT2D eigenvalue weighted by Crippen LogP contribution is 2.12. The van der Waals surface area contributed by atoms with Gasteiger partial charge in [0, 0.05) is 12.6 Å². The van der Waals surface area contributed by atoms with Gasteiger partial charge >= 0.3 is 0 Å². The van der Waals surface area contributed by atoms with Crippen molar-refractivity contribution < 1.29 is 0 Å². The number of nitrogens with zero attached hydrogens (tertiary/aromatic N) is 1. The zero-order chi connectivity index (χ0) is 7.23. The molecule has 1 aliphatic rings. The van der Waals surface area contributed by atoms with Crippen molar-refractivity contribution in [1.29, 1.82) is 0 Å². The van der Waals surface area contributed by atoms with Crippen LogP contribution in [0.5, 0.6) is 0 Å². The molecular weight excluding hydrogens is 122 g/mol. The fraction of sp³-hybridized carbons (Fsp3) is 1.00. The van der Waals surface area contributed by atoms with Gasteiger partial charge in [-0.3, -0.25) is 0 Å². The van der Waals surface area contributed by atoms with E-state index in [1.807, 2.05) is 0 Å². The smallest absolute Gasteiger partial charge is 0.0388 e. The quantitative estimate of drug-likeness (QED) is 0.397. The summed E-state index contributed by atoms with van der Waals surface area (Å²) in [6.07, 6.45) is 8.41. The van der Waals surface area contributed by atoms with Crippen molar-refractivity contribution in [3.05, 3.63) is 0 Å². The Bertz CT molecular complexity index is 76.8. The molecule has 0 aromatic rings. The average Bonchev–Trinajstić information content (AvgIpc) is 2.71. The molecule has 0 aliphatic carbocycles. The van der Waals surface area contributed by atoms with Gasteiger partial charge < -0.3 is 0 Å². The van der Waals surface area contributed by atoms with Crippen molar-refractivity contribution >= 4 is 0 Å². The third-order valence-corrected chi connectivity index (χ3v) is 2.08. The summed E-state index contributed by atoms with van der Waals surface area (Å²) >= 11 is 0. The van der Waals surface area contributed by atoms with Crippen molar-refractivity contribution in [1.82, 2.24) is 5.32 Å². The summed E-state index contributed by atoms with van der Waals surface area (Å²) in [4.78, 5) is 0. The summed E-state index contributed by atoms with van der Waals surface area (Å²) in [6.45, 7) is 3.42. The highest BCUT2D eigenvalue weighted by atomic mass is 15.1. The summed E-state index contributed by atoms with van der Waals surface area (Å²) in [5.41, 5.74) is 0. The predicted molar refractivity (Wildman–Crippen MR) is 44.2 cm³/mol. The molecule has 0 aromatic heterocycles. The molecule has 0 N–H and O–H groups in total. The molecule has 1 unspecified atom stereocenters. The van der Waals surface area contributed by atoms with E-state index in [0.717, 1.165) is 12.6 Å². The lowest BCUT2D eigenvalue weighted by atomic mass is 10.1. The van der Waals surface area contributed by atoms with Crippen molar-refractivity contribution in [3.8, 4) is 0 Å². The van der Waals surface area contributed by atoms with Gasteiger partial charge in [0.2, 0.25) is 0 Å². The Kier molecular flexibility index (Phi) is 3.81. The van der Waals surface area contributed by atoms with E-state index in [9.17, 15) is 0 Å². The van der Waals surface area contributed by atoms with Crippen molar-refractivity contribution in [2.24, 2.45) is 0 Å². The molecule has 1 fully saturated rings. The maximum absolute atomic E-state index is 4.22. The van der Waals surface area contributed by atoms with Crippen LogP contribution < -0.4 is 5.32 Å². The largest absolute Gasteiger partial charge is 0.235 e. The topological polar surface area (TPSA) is 14.1 Å². The molecule has 1 nitrogen and oxygen atoms in total. The zero-order valence-electron chi connectivity index (χ0n) is 6.97. The fourth-order valence-electron chi connectivity index (χ4n) is 1.24. The number of hydrogen-bond acceptors (Lipinski definition) is 0. The Morgan fingerprint density at radius 3 is 2.50 bits per heavy atom. The van der Waals surface area contributed by atoms with Crippen LogP contribution in [0.3, 0.4) is 0 Å². The molecule has 0 saturated carbocycles. The molecule has 1 heteroatoms. The molecule has 1 aliphatic heterocycles. The third kappa shape index (κ3) is 3.89. The van der Waals surface area contributed by atoms with Crippen LogP contribution in [0.2, 0.25) is 0 Å². The van der Waals surface area contributed by atoms with Gasteiger partial charge in [-0.1, -0.05) is 39.0 Å². The summed E-state index contributed by atoms with van der Waals surface area (Å²) in [7, 11) is 0. The normalized spacial score (nSPS) is 23.1. The van der Waals surface area contributed by atoms with Crippen molar-refractivity contribution in [2.75, 3.05) is 6.54 Å². The molecule has 1 heterocycles. The van der Waals surface area contributed by atoms with E-state index in [4.69, 9.17) is 0 Å². The Labute approximate surface area is 64.2 Å². The van der Waals surface area contributed by atoms with Gasteiger partial charge in [0.05, 0.1) is 0 Å². The van der Waals surface area contributed by atoms with Gasteiger partial charge in [-0.2, -0.15) is 0 Å². The van der Waals surface area contributed by atoms with Crippen LogP contribution in [0.1, 0.15) is 45.4 Å². The number of hydrogen-bond donors (Lipinski definition) is 0. The first-order chi connectivity index (χ1) is 4.93. The van der Waals surface area contributed by atoms with Crippen molar-refractivity contribution in [3.63, 3.8) is 0 Å². The number of unbranched alkanes of at least 4 members (excludes halogenated alkanes) is 4. The van der Waals surface area contributed by atoms with Crippen molar-refractivity contribution in [2.45, 2.75) is 51.5 Å².